The van der Waals surface area contributed by atoms with Crippen molar-refractivity contribution < 1.29 is 14.3 Å². The Labute approximate surface area is 195 Å². The number of methoxy groups -OCH3 is 1. The molecule has 1 amide bonds. The summed E-state index contributed by atoms with van der Waals surface area (Å²) >= 11 is 0. The highest BCUT2D eigenvalue weighted by molar-refractivity contribution is 5.77. The molecule has 7 nitrogen and oxygen atoms in total. The standard InChI is InChI=1S/C26H32N4O3/c1-18-17-29(12-13-30(18)24(31)11-14-32-3)26-22(16-27)15-23(25(28-26)21-9-10-21)33-19(2)20-7-5-4-6-8-20/h4-8,15,18-19,21H,9-14,17H2,1-3H3/t18?,19-/m0/s1. The van der Waals surface area contributed by atoms with Gasteiger partial charge in [0.1, 0.15) is 23.7 Å². The number of pyridine rings is 1. The van der Waals surface area contributed by atoms with Crippen LogP contribution in [-0.4, -0.2) is 55.2 Å². The smallest absolute Gasteiger partial charge is 0.225 e. The average molecular weight is 449 g/mol. The minimum atomic E-state index is -0.135. The van der Waals surface area contributed by atoms with Crippen molar-refractivity contribution >= 4 is 11.7 Å². The predicted molar refractivity (Wildman–Crippen MR) is 126 cm³/mol. The molecule has 174 valence electrons. The molecular formula is C26H32N4O3. The van der Waals surface area contributed by atoms with Gasteiger partial charge >= 0.3 is 0 Å². The van der Waals surface area contributed by atoms with Crippen molar-refractivity contribution in [2.24, 2.45) is 0 Å². The number of hydrogen-bond donors (Lipinski definition) is 0. The van der Waals surface area contributed by atoms with Crippen LogP contribution in [0.15, 0.2) is 36.4 Å². The largest absolute Gasteiger partial charge is 0.484 e. The van der Waals surface area contributed by atoms with Gasteiger partial charge in [0.2, 0.25) is 5.91 Å². The lowest BCUT2D eigenvalue weighted by Gasteiger charge is -2.41. The minimum absolute atomic E-state index is 0.0369. The van der Waals surface area contributed by atoms with E-state index >= 15 is 0 Å². The van der Waals surface area contributed by atoms with Crippen LogP contribution in [0.1, 0.15) is 62.0 Å². The number of benzene rings is 1. The number of anilines is 1. The molecule has 1 saturated carbocycles. The quantitative estimate of drug-likeness (QED) is 0.606. The Kier molecular flexibility index (Phi) is 7.14. The minimum Gasteiger partial charge on any atom is -0.484 e. The van der Waals surface area contributed by atoms with Gasteiger partial charge in [0, 0.05) is 44.8 Å². The Hall–Kier alpha value is -3.11. The molecule has 1 saturated heterocycles. The molecule has 33 heavy (non-hydrogen) atoms. The third kappa shape index (κ3) is 5.28. The van der Waals surface area contributed by atoms with Crippen LogP contribution in [0.4, 0.5) is 5.82 Å². The van der Waals surface area contributed by atoms with Crippen molar-refractivity contribution in [3.63, 3.8) is 0 Å². The maximum Gasteiger partial charge on any atom is 0.225 e. The predicted octanol–water partition coefficient (Wildman–Crippen LogP) is 4.04. The van der Waals surface area contributed by atoms with Crippen molar-refractivity contribution in [2.45, 2.75) is 51.2 Å². The Balaban J connectivity index is 1.55. The molecule has 2 aliphatic rings. The number of rotatable bonds is 8. The summed E-state index contributed by atoms with van der Waals surface area (Å²) < 4.78 is 11.4. The monoisotopic (exact) mass is 448 g/mol. The Morgan fingerprint density at radius 2 is 2.03 bits per heavy atom. The van der Waals surface area contributed by atoms with Crippen molar-refractivity contribution in [2.75, 3.05) is 38.3 Å². The molecule has 1 aromatic carbocycles. The summed E-state index contributed by atoms with van der Waals surface area (Å²) in [5.74, 6) is 1.89. The van der Waals surface area contributed by atoms with Gasteiger partial charge in [0.15, 0.2) is 0 Å². The molecule has 2 atom stereocenters. The summed E-state index contributed by atoms with van der Waals surface area (Å²) in [6.07, 6.45) is 2.43. The van der Waals surface area contributed by atoms with Crippen LogP contribution in [0, 0.1) is 11.3 Å². The lowest BCUT2D eigenvalue weighted by molar-refractivity contribution is -0.134. The zero-order chi connectivity index (χ0) is 23.4. The fourth-order valence-electron chi connectivity index (χ4n) is 4.40. The second-order valence-electron chi connectivity index (χ2n) is 8.92. The number of nitrogens with zero attached hydrogens (tertiary/aromatic N) is 4. The Morgan fingerprint density at radius 3 is 2.67 bits per heavy atom. The molecule has 0 bridgehead atoms. The van der Waals surface area contributed by atoms with Crippen LogP contribution in [0.5, 0.6) is 5.75 Å². The molecule has 2 aromatic rings. The Bertz CT molecular complexity index is 1020. The SMILES string of the molecule is COCCC(=O)N1CCN(c2nc(C3CC3)c(O[C@@H](C)c3ccccc3)cc2C#N)CC1C. The fraction of sp³-hybridized carbons (Fsp3) is 0.500. The highest BCUT2D eigenvalue weighted by Gasteiger charge is 2.33. The maximum absolute atomic E-state index is 12.5. The van der Waals surface area contributed by atoms with Gasteiger partial charge in [0.25, 0.3) is 0 Å². The summed E-state index contributed by atoms with van der Waals surface area (Å²) in [5, 5.41) is 9.92. The Morgan fingerprint density at radius 1 is 1.27 bits per heavy atom. The van der Waals surface area contributed by atoms with E-state index in [1.807, 2.05) is 55.1 Å². The summed E-state index contributed by atoms with van der Waals surface area (Å²) in [4.78, 5) is 21.5. The molecule has 1 unspecified atom stereocenters. The third-order valence-electron chi connectivity index (χ3n) is 6.42. The molecule has 0 spiro atoms. The van der Waals surface area contributed by atoms with Gasteiger partial charge in [-0.25, -0.2) is 4.98 Å². The molecule has 1 aliphatic carbocycles. The van der Waals surface area contributed by atoms with Crippen LogP contribution in [0.25, 0.3) is 0 Å². The van der Waals surface area contributed by atoms with Gasteiger partial charge < -0.3 is 19.3 Å². The van der Waals surface area contributed by atoms with Crippen LogP contribution in [0.2, 0.25) is 0 Å². The van der Waals surface area contributed by atoms with E-state index in [9.17, 15) is 10.1 Å². The average Bonchev–Trinajstić information content (AvgIpc) is 3.68. The van der Waals surface area contributed by atoms with Crippen molar-refractivity contribution in [3.8, 4) is 11.8 Å². The molecule has 7 heteroatoms. The summed E-state index contributed by atoms with van der Waals surface area (Å²) in [6.45, 7) is 6.40. The normalized spacial score (nSPS) is 19.2. The molecular weight excluding hydrogens is 416 g/mol. The van der Waals surface area contributed by atoms with Crippen molar-refractivity contribution in [1.82, 2.24) is 9.88 Å². The number of nitriles is 1. The molecule has 2 fully saturated rings. The topological polar surface area (TPSA) is 78.7 Å². The van der Waals surface area contributed by atoms with E-state index in [2.05, 4.69) is 11.0 Å². The fourth-order valence-corrected chi connectivity index (χ4v) is 4.40. The molecule has 4 rings (SSSR count). The van der Waals surface area contributed by atoms with Crippen molar-refractivity contribution in [3.05, 3.63) is 53.2 Å². The second kappa shape index (κ2) is 10.2. The maximum atomic E-state index is 12.5. The first-order valence-electron chi connectivity index (χ1n) is 11.7. The summed E-state index contributed by atoms with van der Waals surface area (Å²) in [5.41, 5.74) is 2.55. The van der Waals surface area contributed by atoms with Crippen LogP contribution < -0.4 is 9.64 Å². The first kappa shape index (κ1) is 23.1. The molecule has 2 heterocycles. The van der Waals surface area contributed by atoms with E-state index in [1.165, 1.54) is 0 Å². The second-order valence-corrected chi connectivity index (χ2v) is 8.92. The zero-order valence-electron chi connectivity index (χ0n) is 19.7. The number of carbonyl (C=O) groups excluding carboxylic acids is 1. The number of amides is 1. The number of ether oxygens (including phenoxy) is 2. The van der Waals surface area contributed by atoms with Gasteiger partial charge in [-0.15, -0.1) is 0 Å². The van der Waals surface area contributed by atoms with Gasteiger partial charge in [-0.3, -0.25) is 4.79 Å². The number of piperazine rings is 1. The van der Waals surface area contributed by atoms with Crippen molar-refractivity contribution in [1.29, 1.82) is 5.26 Å². The van der Waals surface area contributed by atoms with E-state index in [0.29, 0.717) is 55.7 Å². The van der Waals surface area contributed by atoms with E-state index in [0.717, 1.165) is 24.1 Å². The number of aromatic nitrogens is 1. The molecule has 0 radical (unpaired) electrons. The lowest BCUT2D eigenvalue weighted by atomic mass is 10.1. The molecule has 1 aromatic heterocycles. The summed E-state index contributed by atoms with van der Waals surface area (Å²) in [7, 11) is 1.61. The van der Waals surface area contributed by atoms with Crippen LogP contribution in [-0.2, 0) is 9.53 Å². The number of hydrogen-bond acceptors (Lipinski definition) is 6. The summed E-state index contributed by atoms with van der Waals surface area (Å²) in [6, 6.07) is 14.3. The molecule has 0 N–H and O–H groups in total. The van der Waals surface area contributed by atoms with E-state index in [1.54, 1.807) is 7.11 Å². The first-order valence-corrected chi connectivity index (χ1v) is 11.7. The van der Waals surface area contributed by atoms with Crippen LogP contribution in [0.3, 0.4) is 0 Å². The lowest BCUT2D eigenvalue weighted by Crippen LogP contribution is -2.54. The van der Waals surface area contributed by atoms with Gasteiger partial charge in [-0.05, 0) is 32.3 Å². The first-order chi connectivity index (χ1) is 16.0. The van der Waals surface area contributed by atoms with Gasteiger partial charge in [-0.2, -0.15) is 5.26 Å². The van der Waals surface area contributed by atoms with E-state index in [-0.39, 0.29) is 18.1 Å². The highest BCUT2D eigenvalue weighted by atomic mass is 16.5. The van der Waals surface area contributed by atoms with Gasteiger partial charge in [0.05, 0.1) is 24.3 Å². The van der Waals surface area contributed by atoms with E-state index < -0.39 is 0 Å². The van der Waals surface area contributed by atoms with E-state index in [4.69, 9.17) is 14.5 Å². The third-order valence-corrected chi connectivity index (χ3v) is 6.42. The number of carbonyl (C=O) groups is 1. The molecule has 1 aliphatic heterocycles. The zero-order valence-corrected chi connectivity index (χ0v) is 19.7. The highest BCUT2D eigenvalue weighted by Crippen LogP contribution is 2.45. The van der Waals surface area contributed by atoms with Crippen LogP contribution >= 0.6 is 0 Å². The van der Waals surface area contributed by atoms with Gasteiger partial charge in [-0.1, -0.05) is 30.3 Å².